The lowest BCUT2D eigenvalue weighted by Crippen LogP contribution is -2.08. The van der Waals surface area contributed by atoms with Crippen LogP contribution < -0.4 is 0 Å². The molecule has 0 bridgehead atoms. The van der Waals surface area contributed by atoms with Crippen LogP contribution in [0.15, 0.2) is 22.7 Å². The van der Waals surface area contributed by atoms with Crippen molar-refractivity contribution < 1.29 is 22.1 Å². The second kappa shape index (κ2) is 4.40. The van der Waals surface area contributed by atoms with Crippen molar-refractivity contribution in [2.75, 3.05) is 0 Å². The van der Waals surface area contributed by atoms with Crippen LogP contribution in [0.5, 0.6) is 0 Å². The maximum Gasteiger partial charge on any atom is 0.419 e. The van der Waals surface area contributed by atoms with Gasteiger partial charge in [-0.15, -0.1) is 0 Å². The van der Waals surface area contributed by atoms with Crippen LogP contribution in [0.2, 0.25) is 0 Å². The molecular weight excluding hydrogens is 252 g/mol. The van der Waals surface area contributed by atoms with Crippen LogP contribution in [0.3, 0.4) is 0 Å². The Kier molecular flexibility index (Phi) is 3.06. The average Bonchev–Trinajstić information content (AvgIpc) is 2.76. The second-order valence-electron chi connectivity index (χ2n) is 3.56. The molecule has 0 aliphatic rings. The predicted octanol–water partition coefficient (Wildman–Crippen LogP) is 3.46. The Labute approximate surface area is 99.4 Å². The quantitative estimate of drug-likeness (QED) is 0.776. The number of hydrogen-bond donors (Lipinski definition) is 0. The predicted molar refractivity (Wildman–Crippen MR) is 54.1 cm³/mol. The molecule has 0 spiro atoms. The number of nitrogens with zero attached hydrogens (tertiary/aromatic N) is 2. The zero-order valence-corrected chi connectivity index (χ0v) is 9.25. The number of alkyl halides is 3. The Bertz CT molecular complexity index is 562. The summed E-state index contributed by atoms with van der Waals surface area (Å²) in [5.41, 5.74) is -1.31. The molecule has 3 nitrogen and oxygen atoms in total. The van der Waals surface area contributed by atoms with E-state index >= 15 is 0 Å². The topological polar surface area (TPSA) is 38.9 Å². The zero-order valence-electron chi connectivity index (χ0n) is 9.25. The van der Waals surface area contributed by atoms with Gasteiger partial charge in [0.05, 0.1) is 5.56 Å². The lowest BCUT2D eigenvalue weighted by atomic mass is 10.1. The number of hydrogen-bond acceptors (Lipinski definition) is 3. The van der Waals surface area contributed by atoms with E-state index in [4.69, 9.17) is 4.52 Å². The summed E-state index contributed by atoms with van der Waals surface area (Å²) in [5, 5.41) is 3.56. The third kappa shape index (κ3) is 2.34. The molecule has 0 fully saturated rings. The molecule has 96 valence electrons. The molecule has 0 aliphatic carbocycles. The van der Waals surface area contributed by atoms with Crippen molar-refractivity contribution >= 4 is 0 Å². The molecule has 2 rings (SSSR count). The van der Waals surface area contributed by atoms with Gasteiger partial charge in [0.15, 0.2) is 5.82 Å². The van der Waals surface area contributed by atoms with Gasteiger partial charge >= 0.3 is 6.18 Å². The van der Waals surface area contributed by atoms with Gasteiger partial charge < -0.3 is 4.52 Å². The molecule has 0 amide bonds. The Morgan fingerprint density at radius 2 is 2.00 bits per heavy atom. The SMILES string of the molecule is CCc1noc(-c2ccc(F)c(C(F)(F)F)c2)n1. The molecule has 0 unspecified atom stereocenters. The number of halogens is 4. The minimum atomic E-state index is -4.76. The lowest BCUT2D eigenvalue weighted by molar-refractivity contribution is -0.139. The van der Waals surface area contributed by atoms with Crippen molar-refractivity contribution in [1.82, 2.24) is 10.1 Å². The largest absolute Gasteiger partial charge is 0.419 e. The van der Waals surface area contributed by atoms with Crippen LogP contribution in [0.1, 0.15) is 18.3 Å². The van der Waals surface area contributed by atoms with Crippen molar-refractivity contribution in [3.05, 3.63) is 35.4 Å². The Hall–Kier alpha value is -1.92. The van der Waals surface area contributed by atoms with Gasteiger partial charge in [0.1, 0.15) is 5.82 Å². The number of rotatable bonds is 2. The van der Waals surface area contributed by atoms with Gasteiger partial charge in [0, 0.05) is 12.0 Å². The average molecular weight is 260 g/mol. The van der Waals surface area contributed by atoms with Gasteiger partial charge in [0.2, 0.25) is 0 Å². The summed E-state index contributed by atoms with van der Waals surface area (Å²) in [6.07, 6.45) is -4.26. The van der Waals surface area contributed by atoms with Gasteiger partial charge in [-0.2, -0.15) is 18.2 Å². The summed E-state index contributed by atoms with van der Waals surface area (Å²) < 4.78 is 55.4. The number of aromatic nitrogens is 2. The first kappa shape index (κ1) is 12.5. The van der Waals surface area contributed by atoms with E-state index in [1.165, 1.54) is 0 Å². The smallest absolute Gasteiger partial charge is 0.334 e. The van der Waals surface area contributed by atoms with E-state index in [2.05, 4.69) is 10.1 Å². The summed E-state index contributed by atoms with van der Waals surface area (Å²) in [5.74, 6) is -1.01. The molecule has 0 atom stereocenters. The van der Waals surface area contributed by atoms with Crippen LogP contribution in [0, 0.1) is 5.82 Å². The minimum Gasteiger partial charge on any atom is -0.334 e. The third-order valence-electron chi connectivity index (χ3n) is 2.30. The molecule has 0 aliphatic heterocycles. The third-order valence-corrected chi connectivity index (χ3v) is 2.30. The summed E-state index contributed by atoms with van der Waals surface area (Å²) in [6, 6.07) is 2.55. The first-order chi connectivity index (χ1) is 8.41. The second-order valence-corrected chi connectivity index (χ2v) is 3.56. The van der Waals surface area contributed by atoms with Crippen molar-refractivity contribution in [2.24, 2.45) is 0 Å². The number of benzene rings is 1. The number of aryl methyl sites for hydroxylation is 1. The minimum absolute atomic E-state index is 0.0379. The van der Waals surface area contributed by atoms with Crippen molar-refractivity contribution in [3.63, 3.8) is 0 Å². The maximum absolute atomic E-state index is 13.1. The molecule has 2 aromatic rings. The van der Waals surface area contributed by atoms with E-state index in [1.807, 2.05) is 0 Å². The van der Waals surface area contributed by atoms with Crippen LogP contribution >= 0.6 is 0 Å². The first-order valence-corrected chi connectivity index (χ1v) is 5.11. The van der Waals surface area contributed by atoms with E-state index in [0.717, 1.165) is 12.1 Å². The van der Waals surface area contributed by atoms with Gasteiger partial charge in [-0.25, -0.2) is 4.39 Å². The summed E-state index contributed by atoms with van der Waals surface area (Å²) in [7, 11) is 0. The highest BCUT2D eigenvalue weighted by Crippen LogP contribution is 2.33. The van der Waals surface area contributed by atoms with Crippen LogP contribution in [-0.2, 0) is 12.6 Å². The zero-order chi connectivity index (χ0) is 13.3. The molecule has 0 saturated carbocycles. The molecule has 1 aromatic heterocycles. The molecule has 7 heteroatoms. The van der Waals surface area contributed by atoms with E-state index < -0.39 is 17.6 Å². The van der Waals surface area contributed by atoms with E-state index in [9.17, 15) is 17.6 Å². The van der Waals surface area contributed by atoms with E-state index in [1.54, 1.807) is 6.92 Å². The van der Waals surface area contributed by atoms with Gasteiger partial charge in [-0.05, 0) is 18.2 Å². The Morgan fingerprint density at radius 3 is 2.56 bits per heavy atom. The standard InChI is InChI=1S/C11H8F4N2O/c1-2-9-16-10(18-17-9)6-3-4-8(12)7(5-6)11(13,14)15/h3-5H,2H2,1H3. The summed E-state index contributed by atoms with van der Waals surface area (Å²) in [4.78, 5) is 3.88. The lowest BCUT2D eigenvalue weighted by Gasteiger charge is -2.08. The molecule has 0 saturated heterocycles. The monoisotopic (exact) mass is 260 g/mol. The highest BCUT2D eigenvalue weighted by molar-refractivity contribution is 5.54. The summed E-state index contributed by atoms with van der Waals surface area (Å²) >= 11 is 0. The van der Waals surface area contributed by atoms with Crippen molar-refractivity contribution in [2.45, 2.75) is 19.5 Å². The molecule has 0 N–H and O–H groups in total. The molecular formula is C11H8F4N2O. The normalized spacial score (nSPS) is 11.8. The van der Waals surface area contributed by atoms with Gasteiger partial charge in [-0.3, -0.25) is 0 Å². The van der Waals surface area contributed by atoms with E-state index in [-0.39, 0.29) is 11.5 Å². The van der Waals surface area contributed by atoms with Crippen LogP contribution in [0.4, 0.5) is 17.6 Å². The fourth-order valence-electron chi connectivity index (χ4n) is 1.39. The maximum atomic E-state index is 13.1. The van der Waals surface area contributed by atoms with E-state index in [0.29, 0.717) is 18.3 Å². The van der Waals surface area contributed by atoms with Crippen molar-refractivity contribution in [3.8, 4) is 11.5 Å². The fourth-order valence-corrected chi connectivity index (χ4v) is 1.39. The van der Waals surface area contributed by atoms with Crippen LogP contribution in [-0.4, -0.2) is 10.1 Å². The van der Waals surface area contributed by atoms with Crippen LogP contribution in [0.25, 0.3) is 11.5 Å². The van der Waals surface area contributed by atoms with Gasteiger partial charge in [0.25, 0.3) is 5.89 Å². The highest BCUT2D eigenvalue weighted by Gasteiger charge is 2.34. The molecule has 1 heterocycles. The van der Waals surface area contributed by atoms with Gasteiger partial charge in [-0.1, -0.05) is 12.1 Å². The fraction of sp³-hybridized carbons (Fsp3) is 0.273. The molecule has 1 aromatic carbocycles. The molecule has 18 heavy (non-hydrogen) atoms. The molecule has 0 radical (unpaired) electrons. The first-order valence-electron chi connectivity index (χ1n) is 5.11. The Balaban J connectivity index is 2.47. The summed E-state index contributed by atoms with van der Waals surface area (Å²) in [6.45, 7) is 1.78. The Morgan fingerprint density at radius 1 is 1.28 bits per heavy atom. The van der Waals surface area contributed by atoms with Crippen molar-refractivity contribution in [1.29, 1.82) is 0 Å². The highest BCUT2D eigenvalue weighted by atomic mass is 19.4.